The van der Waals surface area contributed by atoms with E-state index >= 15 is 0 Å². The molecule has 2 N–H and O–H groups in total. The first-order valence-electron chi connectivity index (χ1n) is 7.43. The maximum atomic E-state index is 11.9. The maximum absolute atomic E-state index is 11.9. The van der Waals surface area contributed by atoms with E-state index in [2.05, 4.69) is 31.3 Å². The van der Waals surface area contributed by atoms with Gasteiger partial charge in [0.05, 0.1) is 13.7 Å². The van der Waals surface area contributed by atoms with E-state index in [9.17, 15) is 9.59 Å². The molecular weight excluding hydrogens is 376 g/mol. The molecule has 0 saturated carbocycles. The van der Waals surface area contributed by atoms with Crippen molar-refractivity contribution < 1.29 is 18.7 Å². The van der Waals surface area contributed by atoms with Crippen LogP contribution in [0.4, 0.5) is 0 Å². The van der Waals surface area contributed by atoms with Crippen molar-refractivity contribution in [3.05, 3.63) is 57.5 Å². The van der Waals surface area contributed by atoms with E-state index in [0.717, 1.165) is 4.47 Å². The highest BCUT2D eigenvalue weighted by molar-refractivity contribution is 9.10. The van der Waals surface area contributed by atoms with Gasteiger partial charge in [-0.05, 0) is 37.3 Å². The molecule has 7 heteroatoms. The van der Waals surface area contributed by atoms with Crippen molar-refractivity contribution in [1.29, 1.82) is 0 Å². The Hall–Kier alpha value is -2.12. The number of amides is 1. The minimum atomic E-state index is -0.413. The molecule has 0 atom stereocenters. The van der Waals surface area contributed by atoms with Gasteiger partial charge in [-0.25, -0.2) is 4.79 Å². The molecule has 2 rings (SSSR count). The number of hydrogen-bond acceptors (Lipinski definition) is 5. The fourth-order valence-electron chi connectivity index (χ4n) is 2.12. The molecular formula is C17H19BrN2O4. The zero-order valence-corrected chi connectivity index (χ0v) is 15.1. The Balaban J connectivity index is 1.72. The van der Waals surface area contributed by atoms with Gasteiger partial charge in [0.15, 0.2) is 0 Å². The lowest BCUT2D eigenvalue weighted by Crippen LogP contribution is -2.31. The van der Waals surface area contributed by atoms with Crippen molar-refractivity contribution in [1.82, 2.24) is 10.6 Å². The van der Waals surface area contributed by atoms with Gasteiger partial charge in [-0.15, -0.1) is 0 Å². The Bertz CT molecular complexity index is 710. The summed E-state index contributed by atoms with van der Waals surface area (Å²) in [6.07, 6.45) is 0. The van der Waals surface area contributed by atoms with Crippen molar-refractivity contribution in [2.75, 3.05) is 20.2 Å². The van der Waals surface area contributed by atoms with Crippen molar-refractivity contribution in [3.8, 4) is 0 Å². The summed E-state index contributed by atoms with van der Waals surface area (Å²) < 4.78 is 11.1. The second kappa shape index (κ2) is 8.65. The molecule has 0 spiro atoms. The summed E-state index contributed by atoms with van der Waals surface area (Å²) in [4.78, 5) is 23.4. The summed E-state index contributed by atoms with van der Waals surface area (Å²) in [5.74, 6) is 0.643. The number of benzene rings is 1. The molecule has 0 aliphatic carbocycles. The molecule has 1 heterocycles. The van der Waals surface area contributed by atoms with Crippen LogP contribution >= 0.6 is 15.9 Å². The average molecular weight is 395 g/mol. The second-order valence-electron chi connectivity index (χ2n) is 5.11. The number of hydrogen-bond donors (Lipinski definition) is 2. The Morgan fingerprint density at radius 1 is 1.21 bits per heavy atom. The Kier molecular flexibility index (Phi) is 6.57. The van der Waals surface area contributed by atoms with Crippen LogP contribution in [-0.4, -0.2) is 32.1 Å². The third kappa shape index (κ3) is 4.94. The zero-order valence-electron chi connectivity index (χ0n) is 13.5. The summed E-state index contributed by atoms with van der Waals surface area (Å²) in [6, 6.07) is 8.82. The van der Waals surface area contributed by atoms with E-state index in [1.165, 1.54) is 7.11 Å². The van der Waals surface area contributed by atoms with Gasteiger partial charge in [-0.1, -0.05) is 15.9 Å². The molecule has 0 fully saturated rings. The number of aryl methyl sites for hydroxylation is 1. The molecule has 0 bridgehead atoms. The molecule has 6 nitrogen and oxygen atoms in total. The SMILES string of the molecule is COC(=O)c1cc(CNCCNC(=O)c2ccc(Br)cc2)oc1C. The van der Waals surface area contributed by atoms with E-state index in [-0.39, 0.29) is 5.91 Å². The molecule has 0 aliphatic rings. The van der Waals surface area contributed by atoms with Gasteiger partial charge in [-0.3, -0.25) is 4.79 Å². The molecule has 24 heavy (non-hydrogen) atoms. The molecule has 128 valence electrons. The Labute approximate surface area is 148 Å². The van der Waals surface area contributed by atoms with Crippen LogP contribution in [-0.2, 0) is 11.3 Å². The van der Waals surface area contributed by atoms with Crippen molar-refractivity contribution in [3.63, 3.8) is 0 Å². The first kappa shape index (κ1) is 18.2. The zero-order chi connectivity index (χ0) is 17.5. The number of carbonyl (C=O) groups is 2. The fourth-order valence-corrected chi connectivity index (χ4v) is 2.39. The topological polar surface area (TPSA) is 80.6 Å². The van der Waals surface area contributed by atoms with Crippen LogP contribution in [0.25, 0.3) is 0 Å². The van der Waals surface area contributed by atoms with Crippen molar-refractivity contribution >= 4 is 27.8 Å². The summed E-state index contributed by atoms with van der Waals surface area (Å²) in [5.41, 5.74) is 1.04. The standard InChI is InChI=1S/C17H19BrN2O4/c1-11-15(17(22)23-2)9-14(24-11)10-19-7-8-20-16(21)12-3-5-13(18)6-4-12/h3-6,9,19H,7-8,10H2,1-2H3,(H,20,21). The summed E-state index contributed by atoms with van der Waals surface area (Å²) in [7, 11) is 1.33. The minimum Gasteiger partial charge on any atom is -0.465 e. The first-order valence-corrected chi connectivity index (χ1v) is 8.22. The first-order chi connectivity index (χ1) is 11.5. The van der Waals surface area contributed by atoms with Gasteiger partial charge in [0.2, 0.25) is 0 Å². The number of furan rings is 1. The van der Waals surface area contributed by atoms with Gasteiger partial charge in [0, 0.05) is 23.1 Å². The second-order valence-corrected chi connectivity index (χ2v) is 6.03. The van der Waals surface area contributed by atoms with E-state index < -0.39 is 5.97 Å². The predicted molar refractivity (Wildman–Crippen MR) is 93.0 cm³/mol. The highest BCUT2D eigenvalue weighted by Gasteiger charge is 2.14. The molecule has 1 amide bonds. The fraction of sp³-hybridized carbons (Fsp3) is 0.294. The number of carbonyl (C=O) groups excluding carboxylic acids is 2. The highest BCUT2D eigenvalue weighted by atomic mass is 79.9. The summed E-state index contributed by atoms with van der Waals surface area (Å²) in [5, 5.41) is 5.97. The highest BCUT2D eigenvalue weighted by Crippen LogP contribution is 2.15. The van der Waals surface area contributed by atoms with Crippen LogP contribution < -0.4 is 10.6 Å². The average Bonchev–Trinajstić information content (AvgIpc) is 2.95. The number of esters is 1. The Morgan fingerprint density at radius 2 is 1.92 bits per heavy atom. The van der Waals surface area contributed by atoms with E-state index in [1.807, 2.05) is 12.1 Å². The molecule has 0 radical (unpaired) electrons. The lowest BCUT2D eigenvalue weighted by molar-refractivity contribution is 0.0598. The lowest BCUT2D eigenvalue weighted by Gasteiger charge is -2.06. The lowest BCUT2D eigenvalue weighted by atomic mass is 10.2. The van der Waals surface area contributed by atoms with E-state index in [1.54, 1.807) is 25.1 Å². The number of halogens is 1. The largest absolute Gasteiger partial charge is 0.465 e. The van der Waals surface area contributed by atoms with Crippen molar-refractivity contribution in [2.24, 2.45) is 0 Å². The monoisotopic (exact) mass is 394 g/mol. The third-order valence-electron chi connectivity index (χ3n) is 3.37. The summed E-state index contributed by atoms with van der Waals surface area (Å²) >= 11 is 3.33. The molecule has 0 unspecified atom stereocenters. The third-order valence-corrected chi connectivity index (χ3v) is 3.90. The predicted octanol–water partition coefficient (Wildman–Crippen LogP) is 2.66. The van der Waals surface area contributed by atoms with Crippen LogP contribution in [0, 0.1) is 6.92 Å². The van der Waals surface area contributed by atoms with E-state index in [0.29, 0.717) is 42.3 Å². The number of rotatable bonds is 7. The van der Waals surface area contributed by atoms with Crippen LogP contribution in [0.15, 0.2) is 39.2 Å². The van der Waals surface area contributed by atoms with Gasteiger partial charge >= 0.3 is 5.97 Å². The smallest absolute Gasteiger partial charge is 0.341 e. The van der Waals surface area contributed by atoms with Gasteiger partial charge in [0.25, 0.3) is 5.91 Å². The maximum Gasteiger partial charge on any atom is 0.341 e. The van der Waals surface area contributed by atoms with Gasteiger partial charge in [0.1, 0.15) is 17.1 Å². The van der Waals surface area contributed by atoms with Crippen LogP contribution in [0.1, 0.15) is 32.2 Å². The molecule has 2 aromatic rings. The van der Waals surface area contributed by atoms with Crippen molar-refractivity contribution in [2.45, 2.75) is 13.5 Å². The molecule has 1 aromatic carbocycles. The number of ether oxygens (including phenoxy) is 1. The number of methoxy groups -OCH3 is 1. The quantitative estimate of drug-likeness (QED) is 0.557. The minimum absolute atomic E-state index is 0.119. The van der Waals surface area contributed by atoms with Crippen LogP contribution in [0.2, 0.25) is 0 Å². The van der Waals surface area contributed by atoms with Crippen LogP contribution in [0.5, 0.6) is 0 Å². The van der Waals surface area contributed by atoms with Gasteiger partial charge in [-0.2, -0.15) is 0 Å². The van der Waals surface area contributed by atoms with Crippen LogP contribution in [0.3, 0.4) is 0 Å². The number of nitrogens with one attached hydrogen (secondary N) is 2. The molecule has 0 aliphatic heterocycles. The normalized spacial score (nSPS) is 10.5. The summed E-state index contributed by atoms with van der Waals surface area (Å²) in [6.45, 7) is 3.24. The molecule has 0 saturated heterocycles. The van der Waals surface area contributed by atoms with Gasteiger partial charge < -0.3 is 19.8 Å². The molecule has 1 aromatic heterocycles. The Morgan fingerprint density at radius 3 is 2.58 bits per heavy atom. The van der Waals surface area contributed by atoms with E-state index in [4.69, 9.17) is 4.42 Å².